The smallest absolute Gasteiger partial charge is 0.229 e. The molecule has 1 aromatic heterocycles. The average Bonchev–Trinajstić information content (AvgIpc) is 2.97. The number of rotatable bonds is 6. The van der Waals surface area contributed by atoms with E-state index in [0.717, 1.165) is 29.8 Å². The van der Waals surface area contributed by atoms with Crippen LogP contribution in [0.5, 0.6) is 0 Å². The fourth-order valence-corrected chi connectivity index (χ4v) is 2.98. The molecule has 0 aliphatic heterocycles. The number of nitrogens with zero attached hydrogens (tertiary/aromatic N) is 1. The van der Waals surface area contributed by atoms with E-state index in [1.165, 1.54) is 18.3 Å². The van der Waals surface area contributed by atoms with E-state index in [-0.39, 0.29) is 17.7 Å². The van der Waals surface area contributed by atoms with Gasteiger partial charge in [0.15, 0.2) is 5.13 Å². The summed E-state index contributed by atoms with van der Waals surface area (Å²) in [7, 11) is 0. The van der Waals surface area contributed by atoms with Crippen LogP contribution in [0.1, 0.15) is 33.6 Å². The van der Waals surface area contributed by atoms with Crippen LogP contribution in [-0.2, 0) is 9.59 Å². The van der Waals surface area contributed by atoms with Crippen LogP contribution < -0.4 is 10.6 Å². The summed E-state index contributed by atoms with van der Waals surface area (Å²) in [5, 5.41) is 8.14. The SMILES string of the molecule is CCC(CC)C(=O)Nc1nc(-c2ccc(NC(C)=O)cc2)cs1. The van der Waals surface area contributed by atoms with E-state index in [9.17, 15) is 9.59 Å². The summed E-state index contributed by atoms with van der Waals surface area (Å²) in [5.41, 5.74) is 2.50. The van der Waals surface area contributed by atoms with Crippen molar-refractivity contribution in [2.75, 3.05) is 10.6 Å². The number of benzene rings is 1. The lowest BCUT2D eigenvalue weighted by Gasteiger charge is -2.10. The first-order valence-electron chi connectivity index (χ1n) is 7.67. The molecule has 2 aromatic rings. The third-order valence-corrected chi connectivity index (χ3v) is 4.35. The van der Waals surface area contributed by atoms with Crippen LogP contribution in [0.4, 0.5) is 10.8 Å². The molecule has 0 bridgehead atoms. The van der Waals surface area contributed by atoms with Gasteiger partial charge in [0.2, 0.25) is 11.8 Å². The molecule has 2 N–H and O–H groups in total. The molecule has 0 fully saturated rings. The molecule has 23 heavy (non-hydrogen) atoms. The van der Waals surface area contributed by atoms with Gasteiger partial charge in [-0.2, -0.15) is 0 Å². The summed E-state index contributed by atoms with van der Waals surface area (Å²) >= 11 is 1.41. The standard InChI is InChI=1S/C17H21N3O2S/c1-4-12(5-2)16(22)20-17-19-15(10-23-17)13-6-8-14(9-7-13)18-11(3)21/h6-10,12H,4-5H2,1-3H3,(H,18,21)(H,19,20,22). The first kappa shape index (κ1) is 17.1. The highest BCUT2D eigenvalue weighted by atomic mass is 32.1. The molecule has 0 spiro atoms. The minimum atomic E-state index is -0.0993. The highest BCUT2D eigenvalue weighted by Crippen LogP contribution is 2.26. The van der Waals surface area contributed by atoms with Gasteiger partial charge in [0.25, 0.3) is 0 Å². The minimum Gasteiger partial charge on any atom is -0.326 e. The molecule has 122 valence electrons. The van der Waals surface area contributed by atoms with Gasteiger partial charge in [0.05, 0.1) is 5.69 Å². The Morgan fingerprint density at radius 2 is 1.78 bits per heavy atom. The first-order valence-corrected chi connectivity index (χ1v) is 8.55. The molecular weight excluding hydrogens is 310 g/mol. The Kier molecular flexibility index (Phi) is 5.87. The Balaban J connectivity index is 2.07. The maximum atomic E-state index is 12.1. The highest BCUT2D eigenvalue weighted by Gasteiger charge is 2.15. The lowest BCUT2D eigenvalue weighted by atomic mass is 10.0. The van der Waals surface area contributed by atoms with Crippen LogP contribution >= 0.6 is 11.3 Å². The second-order valence-corrected chi connectivity index (χ2v) is 6.16. The van der Waals surface area contributed by atoms with E-state index in [0.29, 0.717) is 5.13 Å². The molecule has 0 unspecified atom stereocenters. The van der Waals surface area contributed by atoms with Crippen molar-refractivity contribution in [3.63, 3.8) is 0 Å². The third-order valence-electron chi connectivity index (χ3n) is 3.59. The molecular formula is C17H21N3O2S. The minimum absolute atomic E-state index is 0.0249. The maximum Gasteiger partial charge on any atom is 0.229 e. The zero-order valence-corrected chi connectivity index (χ0v) is 14.4. The van der Waals surface area contributed by atoms with Crippen molar-refractivity contribution in [1.82, 2.24) is 4.98 Å². The second kappa shape index (κ2) is 7.87. The lowest BCUT2D eigenvalue weighted by molar-refractivity contribution is -0.120. The van der Waals surface area contributed by atoms with Gasteiger partial charge in [-0.3, -0.25) is 9.59 Å². The normalized spacial score (nSPS) is 10.6. The zero-order chi connectivity index (χ0) is 16.8. The molecule has 0 saturated carbocycles. The summed E-state index contributed by atoms with van der Waals surface area (Å²) in [6, 6.07) is 7.46. The van der Waals surface area contributed by atoms with Gasteiger partial charge in [-0.25, -0.2) is 4.98 Å². The second-order valence-electron chi connectivity index (χ2n) is 5.30. The van der Waals surface area contributed by atoms with Crippen LogP contribution in [0.3, 0.4) is 0 Å². The molecule has 0 radical (unpaired) electrons. The summed E-state index contributed by atoms with van der Waals surface area (Å²) in [4.78, 5) is 27.6. The van der Waals surface area contributed by atoms with Crippen molar-refractivity contribution < 1.29 is 9.59 Å². The molecule has 2 amide bonds. The van der Waals surface area contributed by atoms with Gasteiger partial charge >= 0.3 is 0 Å². The fourth-order valence-electron chi connectivity index (χ4n) is 2.26. The monoisotopic (exact) mass is 331 g/mol. The van der Waals surface area contributed by atoms with Gasteiger partial charge in [-0.05, 0) is 25.0 Å². The number of anilines is 2. The average molecular weight is 331 g/mol. The quantitative estimate of drug-likeness (QED) is 0.835. The summed E-state index contributed by atoms with van der Waals surface area (Å²) in [5.74, 6) is -0.0472. The van der Waals surface area contributed by atoms with Gasteiger partial charge in [0, 0.05) is 29.5 Å². The summed E-state index contributed by atoms with van der Waals surface area (Å²) in [6.07, 6.45) is 1.65. The van der Waals surface area contributed by atoms with Gasteiger partial charge in [0.1, 0.15) is 0 Å². The van der Waals surface area contributed by atoms with E-state index >= 15 is 0 Å². The van der Waals surface area contributed by atoms with Crippen LogP contribution in [0, 0.1) is 5.92 Å². The number of hydrogen-bond acceptors (Lipinski definition) is 4. The van der Waals surface area contributed by atoms with Crippen LogP contribution in [0.2, 0.25) is 0 Å². The Labute approximate surface area is 140 Å². The number of carbonyl (C=O) groups excluding carboxylic acids is 2. The van der Waals surface area contributed by atoms with Crippen molar-refractivity contribution in [2.45, 2.75) is 33.6 Å². The maximum absolute atomic E-state index is 12.1. The molecule has 1 aromatic carbocycles. The molecule has 5 nitrogen and oxygen atoms in total. The highest BCUT2D eigenvalue weighted by molar-refractivity contribution is 7.14. The van der Waals surface area contributed by atoms with Crippen molar-refractivity contribution in [2.24, 2.45) is 5.92 Å². The van der Waals surface area contributed by atoms with Crippen molar-refractivity contribution in [1.29, 1.82) is 0 Å². The number of amides is 2. The molecule has 6 heteroatoms. The van der Waals surface area contributed by atoms with Crippen LogP contribution in [0.15, 0.2) is 29.6 Å². The Morgan fingerprint density at radius 3 is 2.35 bits per heavy atom. The first-order chi connectivity index (χ1) is 11.0. The molecule has 1 heterocycles. The zero-order valence-electron chi connectivity index (χ0n) is 13.6. The predicted octanol–water partition coefficient (Wildman–Crippen LogP) is 4.14. The van der Waals surface area contributed by atoms with E-state index in [1.807, 2.05) is 43.5 Å². The van der Waals surface area contributed by atoms with E-state index in [4.69, 9.17) is 0 Å². The Morgan fingerprint density at radius 1 is 1.13 bits per heavy atom. The number of thiazole rings is 1. The third kappa shape index (κ3) is 4.63. The molecule has 0 atom stereocenters. The molecule has 2 rings (SSSR count). The van der Waals surface area contributed by atoms with Crippen LogP contribution in [0.25, 0.3) is 11.3 Å². The summed E-state index contributed by atoms with van der Waals surface area (Å²) in [6.45, 7) is 5.50. The summed E-state index contributed by atoms with van der Waals surface area (Å²) < 4.78 is 0. The van der Waals surface area contributed by atoms with E-state index in [1.54, 1.807) is 0 Å². The van der Waals surface area contributed by atoms with Gasteiger partial charge < -0.3 is 10.6 Å². The Bertz CT molecular complexity index is 675. The molecule has 0 aliphatic carbocycles. The topological polar surface area (TPSA) is 71.1 Å². The number of aromatic nitrogens is 1. The van der Waals surface area contributed by atoms with Crippen molar-refractivity contribution in [3.8, 4) is 11.3 Å². The van der Waals surface area contributed by atoms with Gasteiger partial charge in [-0.1, -0.05) is 26.0 Å². The van der Waals surface area contributed by atoms with Crippen molar-refractivity contribution in [3.05, 3.63) is 29.6 Å². The fraction of sp³-hybridized carbons (Fsp3) is 0.353. The predicted molar refractivity (Wildman–Crippen MR) is 94.6 cm³/mol. The number of hydrogen-bond donors (Lipinski definition) is 2. The van der Waals surface area contributed by atoms with Gasteiger partial charge in [-0.15, -0.1) is 11.3 Å². The number of carbonyl (C=O) groups is 2. The molecule has 0 aliphatic rings. The Hall–Kier alpha value is -2.21. The lowest BCUT2D eigenvalue weighted by Crippen LogP contribution is -2.21. The molecule has 0 saturated heterocycles. The van der Waals surface area contributed by atoms with E-state index < -0.39 is 0 Å². The van der Waals surface area contributed by atoms with Crippen molar-refractivity contribution >= 4 is 34.0 Å². The van der Waals surface area contributed by atoms with E-state index in [2.05, 4.69) is 15.6 Å². The largest absolute Gasteiger partial charge is 0.326 e. The number of nitrogens with one attached hydrogen (secondary N) is 2. The van der Waals surface area contributed by atoms with Crippen LogP contribution in [-0.4, -0.2) is 16.8 Å².